The van der Waals surface area contributed by atoms with Crippen LogP contribution in [0.4, 0.5) is 17.1 Å². The fourth-order valence-corrected chi connectivity index (χ4v) is 2.75. The Morgan fingerprint density at radius 2 is 1.86 bits per heavy atom. The molecule has 0 saturated carbocycles. The number of fused-ring (bicyclic) bond motifs is 1. The van der Waals surface area contributed by atoms with Crippen LogP contribution in [0.25, 0.3) is 11.0 Å². The molecule has 3 aromatic rings. The molecule has 5 heteroatoms. The summed E-state index contributed by atoms with van der Waals surface area (Å²) in [4.78, 5) is 9.84. The first kappa shape index (κ1) is 13.2. The van der Waals surface area contributed by atoms with E-state index in [1.165, 1.54) is 5.69 Å². The largest absolute Gasteiger partial charge is 0.378 e. The van der Waals surface area contributed by atoms with Gasteiger partial charge >= 0.3 is 0 Å². The van der Waals surface area contributed by atoms with E-state index in [4.69, 9.17) is 4.74 Å². The van der Waals surface area contributed by atoms with Gasteiger partial charge in [-0.1, -0.05) is 0 Å². The van der Waals surface area contributed by atoms with Crippen LogP contribution in [-0.4, -0.2) is 36.3 Å². The molecule has 1 aliphatic heterocycles. The summed E-state index contributed by atoms with van der Waals surface area (Å²) in [6.45, 7) is 3.53. The van der Waals surface area contributed by atoms with Gasteiger partial charge < -0.3 is 19.9 Å². The minimum atomic E-state index is 0.808. The van der Waals surface area contributed by atoms with Crippen LogP contribution in [0.5, 0.6) is 0 Å². The van der Waals surface area contributed by atoms with Gasteiger partial charge in [0.05, 0.1) is 25.1 Å². The molecular formula is C17H18N4O. The van der Waals surface area contributed by atoms with Gasteiger partial charge in [0.2, 0.25) is 0 Å². The summed E-state index contributed by atoms with van der Waals surface area (Å²) in [6, 6.07) is 12.6. The van der Waals surface area contributed by atoms with Crippen LogP contribution >= 0.6 is 0 Å². The highest BCUT2D eigenvalue weighted by Gasteiger charge is 2.10. The van der Waals surface area contributed by atoms with Crippen molar-refractivity contribution < 1.29 is 4.74 Å². The van der Waals surface area contributed by atoms with Crippen molar-refractivity contribution in [1.82, 2.24) is 9.97 Å². The molecule has 0 radical (unpaired) electrons. The van der Waals surface area contributed by atoms with Gasteiger partial charge in [-0.05, 0) is 36.4 Å². The van der Waals surface area contributed by atoms with Crippen molar-refractivity contribution in [3.63, 3.8) is 0 Å². The standard InChI is InChI=1S/C17H18N4O/c1-3-16(21-7-9-22-10-8-21)4-2-14(1)20-15-11-13-5-6-18-17(13)19-12-15/h1-6,11-12,20H,7-10H2,(H,18,19). The van der Waals surface area contributed by atoms with Gasteiger partial charge in [0.1, 0.15) is 5.65 Å². The highest BCUT2D eigenvalue weighted by atomic mass is 16.5. The number of benzene rings is 1. The number of morpholine rings is 1. The lowest BCUT2D eigenvalue weighted by Gasteiger charge is -2.28. The SMILES string of the molecule is c1cc2cc(Nc3ccc(N4CCOCC4)cc3)cnc2[nH]1. The Labute approximate surface area is 128 Å². The third-order valence-corrected chi connectivity index (χ3v) is 3.93. The third-order valence-electron chi connectivity index (χ3n) is 3.93. The van der Waals surface area contributed by atoms with Crippen LogP contribution in [0.3, 0.4) is 0 Å². The van der Waals surface area contributed by atoms with E-state index in [1.807, 2.05) is 18.5 Å². The molecule has 1 fully saturated rings. The average molecular weight is 294 g/mol. The van der Waals surface area contributed by atoms with E-state index < -0.39 is 0 Å². The van der Waals surface area contributed by atoms with Gasteiger partial charge in [0, 0.05) is 36.0 Å². The lowest BCUT2D eigenvalue weighted by molar-refractivity contribution is 0.122. The van der Waals surface area contributed by atoms with Gasteiger partial charge in [-0.2, -0.15) is 0 Å². The number of rotatable bonds is 3. The summed E-state index contributed by atoms with van der Waals surface area (Å²) >= 11 is 0. The first-order valence-electron chi connectivity index (χ1n) is 7.51. The lowest BCUT2D eigenvalue weighted by atomic mass is 10.2. The Kier molecular flexibility index (Phi) is 3.40. The van der Waals surface area contributed by atoms with E-state index in [9.17, 15) is 0 Å². The Hall–Kier alpha value is -2.53. The zero-order valence-electron chi connectivity index (χ0n) is 12.2. The quantitative estimate of drug-likeness (QED) is 0.779. The van der Waals surface area contributed by atoms with Crippen LogP contribution in [0, 0.1) is 0 Å². The van der Waals surface area contributed by atoms with Crippen molar-refractivity contribution in [2.24, 2.45) is 0 Å². The molecular weight excluding hydrogens is 276 g/mol. The van der Waals surface area contributed by atoms with Gasteiger partial charge in [0.15, 0.2) is 0 Å². The summed E-state index contributed by atoms with van der Waals surface area (Å²) in [6.07, 6.45) is 3.74. The van der Waals surface area contributed by atoms with Crippen molar-refractivity contribution >= 4 is 28.1 Å². The number of aromatic amines is 1. The number of anilines is 3. The monoisotopic (exact) mass is 294 g/mol. The Morgan fingerprint density at radius 1 is 1.05 bits per heavy atom. The number of nitrogens with zero attached hydrogens (tertiary/aromatic N) is 2. The van der Waals surface area contributed by atoms with Crippen molar-refractivity contribution in [3.05, 3.63) is 48.8 Å². The molecule has 2 N–H and O–H groups in total. The maximum atomic E-state index is 5.39. The van der Waals surface area contributed by atoms with Crippen LogP contribution in [0.1, 0.15) is 0 Å². The maximum absolute atomic E-state index is 5.39. The van der Waals surface area contributed by atoms with Gasteiger partial charge in [-0.25, -0.2) is 4.98 Å². The molecule has 0 atom stereocenters. The predicted molar refractivity (Wildman–Crippen MR) is 88.9 cm³/mol. The van der Waals surface area contributed by atoms with E-state index in [-0.39, 0.29) is 0 Å². The molecule has 0 unspecified atom stereocenters. The zero-order valence-corrected chi connectivity index (χ0v) is 12.2. The van der Waals surface area contributed by atoms with Gasteiger partial charge in [0.25, 0.3) is 0 Å². The minimum absolute atomic E-state index is 0.808. The van der Waals surface area contributed by atoms with E-state index >= 15 is 0 Å². The smallest absolute Gasteiger partial charge is 0.137 e. The first-order chi connectivity index (χ1) is 10.9. The summed E-state index contributed by atoms with van der Waals surface area (Å²) in [5.41, 5.74) is 4.21. The van der Waals surface area contributed by atoms with Crippen LogP contribution in [0.2, 0.25) is 0 Å². The van der Waals surface area contributed by atoms with Crippen LogP contribution < -0.4 is 10.2 Å². The summed E-state index contributed by atoms with van der Waals surface area (Å²) in [5.74, 6) is 0. The average Bonchev–Trinajstić information content (AvgIpc) is 3.04. The second kappa shape index (κ2) is 5.69. The summed E-state index contributed by atoms with van der Waals surface area (Å²) in [5, 5.41) is 4.50. The molecule has 1 saturated heterocycles. The lowest BCUT2D eigenvalue weighted by Crippen LogP contribution is -2.36. The van der Waals surface area contributed by atoms with Crippen LogP contribution in [0.15, 0.2) is 48.8 Å². The van der Waals surface area contributed by atoms with Crippen molar-refractivity contribution in [3.8, 4) is 0 Å². The van der Waals surface area contributed by atoms with Crippen molar-refractivity contribution in [1.29, 1.82) is 0 Å². The highest BCUT2D eigenvalue weighted by Crippen LogP contribution is 2.23. The Balaban J connectivity index is 1.50. The fraction of sp³-hybridized carbons (Fsp3) is 0.235. The van der Waals surface area contributed by atoms with E-state index in [0.29, 0.717) is 0 Å². The second-order valence-corrected chi connectivity index (χ2v) is 5.41. The zero-order chi connectivity index (χ0) is 14.8. The summed E-state index contributed by atoms with van der Waals surface area (Å²) < 4.78 is 5.39. The number of nitrogens with one attached hydrogen (secondary N) is 2. The fourth-order valence-electron chi connectivity index (χ4n) is 2.75. The van der Waals surface area contributed by atoms with Crippen molar-refractivity contribution in [2.75, 3.05) is 36.5 Å². The van der Waals surface area contributed by atoms with Gasteiger partial charge in [-0.15, -0.1) is 0 Å². The molecule has 0 spiro atoms. The highest BCUT2D eigenvalue weighted by molar-refractivity contribution is 5.80. The number of hydrogen-bond acceptors (Lipinski definition) is 4. The Bertz CT molecular complexity index is 760. The normalized spacial score (nSPS) is 15.2. The second-order valence-electron chi connectivity index (χ2n) is 5.41. The van der Waals surface area contributed by atoms with Crippen LogP contribution in [-0.2, 0) is 4.74 Å². The predicted octanol–water partition coefficient (Wildman–Crippen LogP) is 3.14. The van der Waals surface area contributed by atoms with E-state index in [2.05, 4.69) is 50.5 Å². The number of aromatic nitrogens is 2. The number of hydrogen-bond donors (Lipinski definition) is 2. The van der Waals surface area contributed by atoms with Crippen molar-refractivity contribution in [2.45, 2.75) is 0 Å². The van der Waals surface area contributed by atoms with E-state index in [1.54, 1.807) is 0 Å². The molecule has 0 amide bonds. The van der Waals surface area contributed by atoms with Gasteiger partial charge in [-0.3, -0.25) is 0 Å². The molecule has 112 valence electrons. The molecule has 4 rings (SSSR count). The molecule has 22 heavy (non-hydrogen) atoms. The summed E-state index contributed by atoms with van der Waals surface area (Å²) in [7, 11) is 0. The molecule has 1 aromatic carbocycles. The molecule has 0 bridgehead atoms. The topological polar surface area (TPSA) is 53.2 Å². The molecule has 5 nitrogen and oxygen atoms in total. The molecule has 0 aliphatic carbocycles. The minimum Gasteiger partial charge on any atom is -0.378 e. The number of pyridine rings is 1. The Morgan fingerprint density at radius 3 is 2.68 bits per heavy atom. The molecule has 1 aliphatic rings. The number of H-pyrrole nitrogens is 1. The maximum Gasteiger partial charge on any atom is 0.137 e. The molecule has 2 aromatic heterocycles. The third kappa shape index (κ3) is 2.63. The van der Waals surface area contributed by atoms with E-state index in [0.717, 1.165) is 48.7 Å². The first-order valence-corrected chi connectivity index (χ1v) is 7.51. The number of ether oxygens (including phenoxy) is 1. The molecule has 3 heterocycles.